The van der Waals surface area contributed by atoms with Gasteiger partial charge in [0.2, 0.25) is 0 Å². The van der Waals surface area contributed by atoms with Crippen LogP contribution in [-0.2, 0) is 16.9 Å². The topological polar surface area (TPSA) is 78.6 Å². The minimum Gasteiger partial charge on any atom is -0.396 e. The van der Waals surface area contributed by atoms with E-state index in [-0.39, 0.29) is 29.4 Å². The van der Waals surface area contributed by atoms with Gasteiger partial charge in [-0.3, -0.25) is 9.69 Å². The number of carbonyl (C=O) groups excluding carboxylic acids is 1. The van der Waals surface area contributed by atoms with Crippen molar-refractivity contribution < 1.29 is 14.3 Å². The van der Waals surface area contributed by atoms with Crippen LogP contribution in [0.1, 0.15) is 36.8 Å². The van der Waals surface area contributed by atoms with Crippen molar-refractivity contribution in [3.8, 4) is 0 Å². The van der Waals surface area contributed by atoms with Gasteiger partial charge in [-0.25, -0.2) is 4.39 Å². The smallest absolute Gasteiger partial charge is 0.257 e. The molecule has 0 bridgehead atoms. The van der Waals surface area contributed by atoms with Crippen molar-refractivity contribution in [1.29, 1.82) is 0 Å². The van der Waals surface area contributed by atoms with Gasteiger partial charge in [-0.2, -0.15) is 0 Å². The van der Waals surface area contributed by atoms with E-state index < -0.39 is 5.60 Å². The molecule has 1 saturated heterocycles. The summed E-state index contributed by atoms with van der Waals surface area (Å²) in [4.78, 5) is 15.6. The number of halogens is 1. The summed E-state index contributed by atoms with van der Waals surface area (Å²) in [6.45, 7) is 2.42. The molecule has 1 aliphatic heterocycles. The molecule has 2 aliphatic carbocycles. The van der Waals surface area contributed by atoms with Gasteiger partial charge in [-0.15, -0.1) is 0 Å². The lowest BCUT2D eigenvalue weighted by Gasteiger charge is -2.33. The lowest BCUT2D eigenvalue weighted by Crippen LogP contribution is -2.50. The molecule has 2 aromatic rings. The maximum atomic E-state index is 13.7. The van der Waals surface area contributed by atoms with Crippen LogP contribution in [0.15, 0.2) is 48.5 Å². The molecular weight excluding hydrogens is 393 g/mol. The van der Waals surface area contributed by atoms with Gasteiger partial charge < -0.3 is 16.2 Å². The monoisotopic (exact) mass is 423 g/mol. The third-order valence-corrected chi connectivity index (χ3v) is 7.54. The fraction of sp³-hybridized carbons (Fsp3) is 0.480. The molecule has 3 unspecified atom stereocenters. The molecule has 0 spiro atoms. The van der Waals surface area contributed by atoms with Crippen LogP contribution in [0.2, 0.25) is 0 Å². The maximum Gasteiger partial charge on any atom is 0.257 e. The van der Waals surface area contributed by atoms with E-state index in [1.165, 1.54) is 6.07 Å². The standard InChI is InChI=1S/C25H30FN3O2/c26-21-12-16(10-11-22(21)27)13-29-14-19-20(15-29)23(19)28-24(30)25(31,18-8-4-5-9-18)17-6-2-1-3-7-17/h1-3,6-7,10-12,18-20,23,31H,4-5,8-9,13-15,27H2,(H,28,30)/t19-,20?,23?,25?/m0/s1. The van der Waals surface area contributed by atoms with Crippen molar-refractivity contribution >= 4 is 11.6 Å². The van der Waals surface area contributed by atoms with Crippen LogP contribution in [0.5, 0.6) is 0 Å². The number of benzene rings is 2. The SMILES string of the molecule is Nc1ccc(CN2CC3C(NC(=O)C(O)(c4ccccc4)C4CCCC4)[C@H]3C2)cc1F. The predicted molar refractivity (Wildman–Crippen MR) is 117 cm³/mol. The van der Waals surface area contributed by atoms with Gasteiger partial charge in [0.25, 0.3) is 5.91 Å². The van der Waals surface area contributed by atoms with E-state index in [1.807, 2.05) is 36.4 Å². The van der Waals surface area contributed by atoms with E-state index in [4.69, 9.17) is 5.73 Å². The Hall–Kier alpha value is -2.44. The lowest BCUT2D eigenvalue weighted by atomic mass is 9.79. The molecule has 5 rings (SSSR count). The fourth-order valence-electron chi connectivity index (χ4n) is 5.73. The van der Waals surface area contributed by atoms with Gasteiger partial charge in [0.05, 0.1) is 5.69 Å². The van der Waals surface area contributed by atoms with Crippen LogP contribution in [0.25, 0.3) is 0 Å². The Morgan fingerprint density at radius 3 is 2.45 bits per heavy atom. The molecule has 164 valence electrons. The summed E-state index contributed by atoms with van der Waals surface area (Å²) in [7, 11) is 0. The zero-order valence-electron chi connectivity index (χ0n) is 17.6. The molecule has 1 amide bonds. The van der Waals surface area contributed by atoms with E-state index in [0.29, 0.717) is 23.9 Å². The van der Waals surface area contributed by atoms with Gasteiger partial charge in [0, 0.05) is 31.6 Å². The largest absolute Gasteiger partial charge is 0.396 e. The number of amides is 1. The fourth-order valence-corrected chi connectivity index (χ4v) is 5.73. The third kappa shape index (κ3) is 3.72. The third-order valence-electron chi connectivity index (χ3n) is 7.54. The Morgan fingerprint density at radius 2 is 1.81 bits per heavy atom. The number of rotatable bonds is 6. The summed E-state index contributed by atoms with van der Waals surface area (Å²) in [6, 6.07) is 14.5. The highest BCUT2D eigenvalue weighted by Crippen LogP contribution is 2.47. The number of nitrogen functional groups attached to an aromatic ring is 1. The number of anilines is 1. The molecule has 3 fully saturated rings. The second-order valence-electron chi connectivity index (χ2n) is 9.49. The van der Waals surface area contributed by atoms with Crippen LogP contribution in [-0.4, -0.2) is 35.0 Å². The predicted octanol–water partition coefficient (Wildman–Crippen LogP) is 3.03. The average Bonchev–Trinajstić information content (AvgIpc) is 3.18. The van der Waals surface area contributed by atoms with Crippen molar-refractivity contribution in [3.63, 3.8) is 0 Å². The van der Waals surface area contributed by atoms with E-state index in [1.54, 1.807) is 6.07 Å². The number of nitrogens with one attached hydrogen (secondary N) is 1. The Morgan fingerprint density at radius 1 is 1.13 bits per heavy atom. The second-order valence-corrected chi connectivity index (χ2v) is 9.49. The molecule has 0 radical (unpaired) electrons. The van der Waals surface area contributed by atoms with Crippen molar-refractivity contribution in [2.24, 2.45) is 17.8 Å². The van der Waals surface area contributed by atoms with Gasteiger partial charge >= 0.3 is 0 Å². The first kappa shape index (κ1) is 20.5. The van der Waals surface area contributed by atoms with Gasteiger partial charge in [0.15, 0.2) is 5.60 Å². The van der Waals surface area contributed by atoms with Crippen LogP contribution in [0, 0.1) is 23.6 Å². The highest BCUT2D eigenvalue weighted by atomic mass is 19.1. The van der Waals surface area contributed by atoms with Crippen LogP contribution in [0.4, 0.5) is 10.1 Å². The number of nitrogens with two attached hydrogens (primary N) is 1. The Kier molecular flexibility index (Phi) is 5.22. The minimum atomic E-state index is -1.46. The maximum absolute atomic E-state index is 13.7. The molecule has 2 saturated carbocycles. The van der Waals surface area contributed by atoms with Crippen molar-refractivity contribution in [1.82, 2.24) is 10.2 Å². The highest BCUT2D eigenvalue weighted by molar-refractivity contribution is 5.87. The molecule has 5 nitrogen and oxygen atoms in total. The zero-order chi connectivity index (χ0) is 21.6. The molecule has 4 atom stereocenters. The van der Waals surface area contributed by atoms with Gasteiger partial charge in [-0.1, -0.05) is 49.2 Å². The van der Waals surface area contributed by atoms with Crippen molar-refractivity contribution in [3.05, 3.63) is 65.5 Å². The van der Waals surface area contributed by atoms with E-state index in [0.717, 1.165) is 44.3 Å². The normalized spacial score (nSPS) is 27.6. The van der Waals surface area contributed by atoms with E-state index >= 15 is 0 Å². The van der Waals surface area contributed by atoms with Gasteiger partial charge in [-0.05, 0) is 47.9 Å². The molecule has 3 aliphatic rings. The van der Waals surface area contributed by atoms with Crippen LogP contribution >= 0.6 is 0 Å². The number of carbonyl (C=O) groups is 1. The molecule has 6 heteroatoms. The first-order chi connectivity index (χ1) is 15.0. The quantitative estimate of drug-likeness (QED) is 0.624. The summed E-state index contributed by atoms with van der Waals surface area (Å²) in [5, 5.41) is 14.8. The first-order valence-electron chi connectivity index (χ1n) is 11.3. The van der Waals surface area contributed by atoms with Gasteiger partial charge in [0.1, 0.15) is 5.82 Å². The molecule has 2 aromatic carbocycles. The van der Waals surface area contributed by atoms with Crippen molar-refractivity contribution in [2.75, 3.05) is 18.8 Å². The molecule has 1 heterocycles. The number of piperidine rings is 1. The summed E-state index contributed by atoms with van der Waals surface area (Å²) >= 11 is 0. The van der Waals surface area contributed by atoms with Crippen LogP contribution in [0.3, 0.4) is 0 Å². The number of hydrogen-bond donors (Lipinski definition) is 3. The number of nitrogens with zero attached hydrogens (tertiary/aromatic N) is 1. The molecule has 4 N–H and O–H groups in total. The Bertz CT molecular complexity index is 950. The lowest BCUT2D eigenvalue weighted by molar-refractivity contribution is -0.147. The number of hydrogen-bond acceptors (Lipinski definition) is 4. The molecule has 31 heavy (non-hydrogen) atoms. The Labute approximate surface area is 182 Å². The average molecular weight is 424 g/mol. The summed E-state index contributed by atoms with van der Waals surface area (Å²) < 4.78 is 13.7. The number of likely N-dealkylation sites (tertiary alicyclic amines) is 1. The Balaban J connectivity index is 1.22. The first-order valence-corrected chi connectivity index (χ1v) is 11.3. The molecule has 0 aromatic heterocycles. The number of fused-ring (bicyclic) bond motifs is 1. The minimum absolute atomic E-state index is 0.0367. The van der Waals surface area contributed by atoms with Crippen LogP contribution < -0.4 is 11.1 Å². The van der Waals surface area contributed by atoms with Crippen molar-refractivity contribution in [2.45, 2.75) is 43.9 Å². The number of aliphatic hydroxyl groups is 1. The zero-order valence-corrected chi connectivity index (χ0v) is 17.6. The molecular formula is C25H30FN3O2. The summed E-state index contributed by atoms with van der Waals surface area (Å²) in [6.07, 6.45) is 3.87. The van der Waals surface area contributed by atoms with E-state index in [9.17, 15) is 14.3 Å². The second kappa shape index (κ2) is 7.92. The summed E-state index contributed by atoms with van der Waals surface area (Å²) in [5.41, 5.74) is 5.87. The van der Waals surface area contributed by atoms with E-state index in [2.05, 4.69) is 10.2 Å². The highest BCUT2D eigenvalue weighted by Gasteiger charge is 2.58. The summed E-state index contributed by atoms with van der Waals surface area (Å²) in [5.74, 6) is 0.124.